The smallest absolute Gasteiger partial charge is 0.257 e. The Balaban J connectivity index is 1.44. The van der Waals surface area contributed by atoms with Gasteiger partial charge in [-0.1, -0.05) is 18.2 Å². The molecule has 1 aromatic carbocycles. The fraction of sp³-hybridized carbons (Fsp3) is 0.385. The Kier molecular flexibility index (Phi) is 6.01. The van der Waals surface area contributed by atoms with Gasteiger partial charge >= 0.3 is 0 Å². The molecule has 2 fully saturated rings. The molecule has 1 amide bonds. The first-order valence-corrected chi connectivity index (χ1v) is 12.3. The van der Waals surface area contributed by atoms with Gasteiger partial charge in [0.15, 0.2) is 6.23 Å². The molecule has 35 heavy (non-hydrogen) atoms. The van der Waals surface area contributed by atoms with E-state index >= 15 is 0 Å². The molecule has 0 radical (unpaired) electrons. The third-order valence-corrected chi connectivity index (χ3v) is 6.62. The maximum Gasteiger partial charge on any atom is 0.257 e. The van der Waals surface area contributed by atoms with Gasteiger partial charge in [0.25, 0.3) is 5.91 Å². The van der Waals surface area contributed by atoms with Crippen LogP contribution in [0.2, 0.25) is 0 Å². The minimum atomic E-state index is -0.247. The summed E-state index contributed by atoms with van der Waals surface area (Å²) in [5.41, 5.74) is 3.38. The van der Waals surface area contributed by atoms with E-state index in [2.05, 4.69) is 16.4 Å². The normalized spacial score (nSPS) is 20.7. The fourth-order valence-electron chi connectivity index (χ4n) is 4.83. The number of nitrogens with zero attached hydrogens (tertiary/aromatic N) is 5. The Hall–Kier alpha value is -3.56. The summed E-state index contributed by atoms with van der Waals surface area (Å²) in [5, 5.41) is 13.9. The van der Waals surface area contributed by atoms with Gasteiger partial charge in [-0.3, -0.25) is 9.78 Å². The third kappa shape index (κ3) is 4.33. The maximum absolute atomic E-state index is 13.0. The topological polar surface area (TPSA) is 96.1 Å². The van der Waals surface area contributed by atoms with Crippen LogP contribution in [0.25, 0.3) is 22.3 Å². The van der Waals surface area contributed by atoms with Gasteiger partial charge in [0.2, 0.25) is 0 Å². The van der Waals surface area contributed by atoms with Crippen LogP contribution < -0.4 is 5.32 Å². The Morgan fingerprint density at radius 1 is 0.914 bits per heavy atom. The number of anilines is 1. The second-order valence-electron chi connectivity index (χ2n) is 9.02. The number of nitrogens with one attached hydrogen (secondary N) is 1. The van der Waals surface area contributed by atoms with E-state index in [1.54, 1.807) is 24.5 Å². The van der Waals surface area contributed by atoms with E-state index in [1.807, 2.05) is 33.8 Å². The van der Waals surface area contributed by atoms with Gasteiger partial charge in [0.05, 0.1) is 23.0 Å². The average molecular weight is 473 g/mol. The molecule has 9 heteroatoms. The minimum Gasteiger partial charge on any atom is -0.357 e. The molecule has 6 rings (SSSR count). The summed E-state index contributed by atoms with van der Waals surface area (Å²) in [4.78, 5) is 17.1. The molecule has 2 atom stereocenters. The number of pyridine rings is 1. The number of para-hydroxylation sites is 1. The van der Waals surface area contributed by atoms with Gasteiger partial charge in [-0.15, -0.1) is 0 Å². The van der Waals surface area contributed by atoms with Crippen LogP contribution in [0.1, 0.15) is 61.3 Å². The number of rotatable bonds is 5. The molecule has 2 aliphatic heterocycles. The van der Waals surface area contributed by atoms with Crippen LogP contribution in [0.3, 0.4) is 0 Å². The first kappa shape index (κ1) is 21.9. The number of carbonyl (C=O) groups is 1. The highest BCUT2D eigenvalue weighted by Crippen LogP contribution is 2.36. The lowest BCUT2D eigenvalue weighted by molar-refractivity contribution is -0.0394. The van der Waals surface area contributed by atoms with Gasteiger partial charge in [0, 0.05) is 31.0 Å². The number of amides is 1. The molecule has 0 bridgehead atoms. The number of benzene rings is 1. The highest BCUT2D eigenvalue weighted by atomic mass is 16.5. The van der Waals surface area contributed by atoms with Gasteiger partial charge in [0.1, 0.15) is 17.6 Å². The number of aromatic nitrogens is 5. The van der Waals surface area contributed by atoms with Crippen LogP contribution in [0, 0.1) is 0 Å². The highest BCUT2D eigenvalue weighted by Gasteiger charge is 2.27. The minimum absolute atomic E-state index is 0.111. The van der Waals surface area contributed by atoms with E-state index in [0.717, 1.165) is 56.0 Å². The van der Waals surface area contributed by atoms with Crippen molar-refractivity contribution in [2.75, 3.05) is 18.5 Å². The molecule has 0 spiro atoms. The predicted octanol–water partition coefficient (Wildman–Crippen LogP) is 4.95. The van der Waals surface area contributed by atoms with Crippen molar-refractivity contribution in [3.8, 4) is 11.4 Å². The zero-order chi connectivity index (χ0) is 23.6. The van der Waals surface area contributed by atoms with Crippen LogP contribution in [-0.2, 0) is 9.47 Å². The largest absolute Gasteiger partial charge is 0.357 e. The number of hydrogen-bond acceptors (Lipinski definition) is 6. The van der Waals surface area contributed by atoms with E-state index in [-0.39, 0.29) is 18.4 Å². The van der Waals surface area contributed by atoms with Crippen LogP contribution in [-0.4, -0.2) is 43.7 Å². The lowest BCUT2D eigenvalue weighted by atomic mass is 10.1. The van der Waals surface area contributed by atoms with Gasteiger partial charge in [-0.25, -0.2) is 9.36 Å². The lowest BCUT2D eigenvalue weighted by Crippen LogP contribution is -2.19. The molecule has 0 saturated carbocycles. The molecule has 2 unspecified atom stereocenters. The van der Waals surface area contributed by atoms with Crippen molar-refractivity contribution in [2.45, 2.75) is 51.0 Å². The molecule has 180 valence electrons. The summed E-state index contributed by atoms with van der Waals surface area (Å²) in [6, 6.07) is 11.6. The quantitative estimate of drug-likeness (QED) is 0.442. The van der Waals surface area contributed by atoms with Crippen molar-refractivity contribution in [2.24, 2.45) is 0 Å². The summed E-state index contributed by atoms with van der Waals surface area (Å²) < 4.78 is 15.8. The SMILES string of the molecule is O=C(Nc1cn(C2CCCCO2)nc1-c1nn(C2CCCCO2)c2ccccc12)c1cccnc1. The van der Waals surface area contributed by atoms with Crippen molar-refractivity contribution in [1.29, 1.82) is 0 Å². The fourth-order valence-corrected chi connectivity index (χ4v) is 4.83. The number of ether oxygens (including phenoxy) is 2. The molecule has 0 aliphatic carbocycles. The number of fused-ring (bicyclic) bond motifs is 1. The van der Waals surface area contributed by atoms with E-state index < -0.39 is 0 Å². The standard InChI is InChI=1S/C26H28N6O3/c33-26(18-8-7-13-27-16-18)28-20-17-31(22-11-3-5-14-34-22)29-25(20)24-19-9-1-2-10-21(19)32(30-24)23-12-4-6-15-35-23/h1-2,7-10,13,16-17,22-23H,3-6,11-12,14-15H2,(H,28,33). The predicted molar refractivity (Wildman–Crippen MR) is 131 cm³/mol. The Bertz CT molecular complexity index is 1320. The molecule has 2 aliphatic rings. The van der Waals surface area contributed by atoms with E-state index in [9.17, 15) is 4.79 Å². The monoisotopic (exact) mass is 472 g/mol. The van der Waals surface area contributed by atoms with Crippen molar-refractivity contribution < 1.29 is 14.3 Å². The molecule has 1 N–H and O–H groups in total. The molecule has 5 heterocycles. The first-order chi connectivity index (χ1) is 17.3. The highest BCUT2D eigenvalue weighted by molar-refractivity contribution is 6.06. The van der Waals surface area contributed by atoms with E-state index in [1.165, 1.54) is 0 Å². The summed E-state index contributed by atoms with van der Waals surface area (Å²) >= 11 is 0. The summed E-state index contributed by atoms with van der Waals surface area (Å²) in [7, 11) is 0. The van der Waals surface area contributed by atoms with Crippen molar-refractivity contribution >= 4 is 22.5 Å². The lowest BCUT2D eigenvalue weighted by Gasteiger charge is -2.23. The zero-order valence-corrected chi connectivity index (χ0v) is 19.5. The maximum atomic E-state index is 13.0. The molecular formula is C26H28N6O3. The van der Waals surface area contributed by atoms with Crippen molar-refractivity contribution in [3.63, 3.8) is 0 Å². The summed E-state index contributed by atoms with van der Waals surface area (Å²) in [6.07, 6.45) is 10.9. The Labute approximate surface area is 203 Å². The van der Waals surface area contributed by atoms with Gasteiger partial charge in [-0.2, -0.15) is 10.2 Å². The van der Waals surface area contributed by atoms with E-state index in [4.69, 9.17) is 19.7 Å². The molecule has 9 nitrogen and oxygen atoms in total. The second kappa shape index (κ2) is 9.59. The van der Waals surface area contributed by atoms with Crippen LogP contribution in [0.4, 0.5) is 5.69 Å². The van der Waals surface area contributed by atoms with E-state index in [0.29, 0.717) is 29.2 Å². The Morgan fingerprint density at radius 3 is 2.46 bits per heavy atom. The van der Waals surface area contributed by atoms with Gasteiger partial charge in [-0.05, 0) is 56.7 Å². The van der Waals surface area contributed by atoms with Crippen LogP contribution >= 0.6 is 0 Å². The third-order valence-electron chi connectivity index (χ3n) is 6.62. The second-order valence-corrected chi connectivity index (χ2v) is 9.02. The molecular weight excluding hydrogens is 444 g/mol. The first-order valence-electron chi connectivity index (χ1n) is 12.3. The molecule has 3 aromatic heterocycles. The van der Waals surface area contributed by atoms with Crippen LogP contribution in [0.15, 0.2) is 55.0 Å². The Morgan fingerprint density at radius 2 is 1.71 bits per heavy atom. The van der Waals surface area contributed by atoms with Crippen LogP contribution in [0.5, 0.6) is 0 Å². The molecule has 2 saturated heterocycles. The number of hydrogen-bond donors (Lipinski definition) is 1. The summed E-state index contributed by atoms with van der Waals surface area (Å²) in [5.74, 6) is -0.247. The van der Waals surface area contributed by atoms with Crippen molar-refractivity contribution in [1.82, 2.24) is 24.5 Å². The zero-order valence-electron chi connectivity index (χ0n) is 19.5. The molecule has 4 aromatic rings. The van der Waals surface area contributed by atoms with Gasteiger partial charge < -0.3 is 14.8 Å². The average Bonchev–Trinajstić information content (AvgIpc) is 3.52. The summed E-state index contributed by atoms with van der Waals surface area (Å²) in [6.45, 7) is 1.43. The van der Waals surface area contributed by atoms with Crippen molar-refractivity contribution in [3.05, 3.63) is 60.6 Å². The number of carbonyl (C=O) groups excluding carboxylic acids is 1.